The van der Waals surface area contributed by atoms with Gasteiger partial charge in [-0.3, -0.25) is 0 Å². The molecule has 0 amide bonds. The van der Waals surface area contributed by atoms with Crippen molar-refractivity contribution >= 4 is 0 Å². The van der Waals surface area contributed by atoms with Gasteiger partial charge in [0.05, 0.1) is 7.11 Å². The van der Waals surface area contributed by atoms with E-state index in [4.69, 9.17) is 4.84 Å². The normalized spacial score (nSPS) is 14.1. The topological polar surface area (TPSA) is 12.5 Å². The van der Waals surface area contributed by atoms with Crippen LogP contribution in [-0.2, 0) is 4.84 Å². The highest BCUT2D eigenvalue weighted by Crippen LogP contribution is 2.03. The van der Waals surface area contributed by atoms with Crippen LogP contribution in [0.15, 0.2) is 0 Å². The first-order valence-corrected chi connectivity index (χ1v) is 4.07. The highest BCUT2D eigenvalue weighted by atomic mass is 16.7. The van der Waals surface area contributed by atoms with Gasteiger partial charge in [-0.05, 0) is 19.8 Å². The van der Waals surface area contributed by atoms with Crippen LogP contribution in [0.25, 0.3) is 0 Å². The maximum Gasteiger partial charge on any atom is 0.0575 e. The Labute approximate surface area is 64.1 Å². The second-order valence-corrected chi connectivity index (χ2v) is 2.58. The Morgan fingerprint density at radius 3 is 2.30 bits per heavy atom. The Morgan fingerprint density at radius 2 is 2.00 bits per heavy atom. The summed E-state index contributed by atoms with van der Waals surface area (Å²) in [6, 6.07) is 0.546. The average Bonchev–Trinajstić information content (AvgIpc) is 1.99. The smallest absolute Gasteiger partial charge is 0.0575 e. The fourth-order valence-electron chi connectivity index (χ4n) is 0.916. The van der Waals surface area contributed by atoms with E-state index < -0.39 is 0 Å². The number of nitrogens with zero attached hydrogens (tertiary/aromatic N) is 1. The van der Waals surface area contributed by atoms with E-state index in [2.05, 4.69) is 20.8 Å². The van der Waals surface area contributed by atoms with Gasteiger partial charge in [0, 0.05) is 12.6 Å². The lowest BCUT2D eigenvalue weighted by Gasteiger charge is -2.24. The fraction of sp³-hybridized carbons (Fsp3) is 1.00. The molecule has 1 unspecified atom stereocenters. The molecule has 0 rings (SSSR count). The molecule has 2 heteroatoms. The minimum Gasteiger partial charge on any atom is -0.302 e. The lowest BCUT2D eigenvalue weighted by atomic mass is 10.2. The van der Waals surface area contributed by atoms with Crippen molar-refractivity contribution in [1.82, 2.24) is 5.06 Å². The van der Waals surface area contributed by atoms with Gasteiger partial charge in [0.1, 0.15) is 0 Å². The van der Waals surface area contributed by atoms with Gasteiger partial charge in [0.15, 0.2) is 0 Å². The monoisotopic (exact) mass is 145 g/mol. The molecule has 0 saturated heterocycles. The van der Waals surface area contributed by atoms with Crippen molar-refractivity contribution in [2.75, 3.05) is 13.7 Å². The summed E-state index contributed by atoms with van der Waals surface area (Å²) in [5.74, 6) is 0. The minimum atomic E-state index is 0.546. The maximum absolute atomic E-state index is 5.18. The lowest BCUT2D eigenvalue weighted by molar-refractivity contribution is -0.157. The molecule has 0 heterocycles. The molecule has 0 aliphatic rings. The summed E-state index contributed by atoms with van der Waals surface area (Å²) in [6.07, 6.45) is 2.30. The third kappa shape index (κ3) is 3.18. The Hall–Kier alpha value is -0.0800. The van der Waals surface area contributed by atoms with Crippen LogP contribution in [0, 0.1) is 0 Å². The second kappa shape index (κ2) is 5.69. The van der Waals surface area contributed by atoms with Crippen molar-refractivity contribution in [3.8, 4) is 0 Å². The van der Waals surface area contributed by atoms with Crippen LogP contribution in [-0.4, -0.2) is 24.8 Å². The molecule has 0 fully saturated rings. The summed E-state index contributed by atoms with van der Waals surface area (Å²) < 4.78 is 0. The summed E-state index contributed by atoms with van der Waals surface area (Å²) >= 11 is 0. The number of rotatable bonds is 5. The molecule has 0 saturated carbocycles. The van der Waals surface area contributed by atoms with Gasteiger partial charge in [-0.25, -0.2) is 0 Å². The first-order valence-electron chi connectivity index (χ1n) is 4.07. The van der Waals surface area contributed by atoms with E-state index in [1.165, 1.54) is 0 Å². The van der Waals surface area contributed by atoms with Gasteiger partial charge in [0.25, 0.3) is 0 Å². The van der Waals surface area contributed by atoms with Gasteiger partial charge in [-0.1, -0.05) is 13.8 Å². The Balaban J connectivity index is 3.56. The highest BCUT2D eigenvalue weighted by molar-refractivity contribution is 4.55. The SMILES string of the molecule is CCCN(OC)C(C)CC. The number of hydrogen-bond donors (Lipinski definition) is 0. The molecule has 0 bridgehead atoms. The van der Waals surface area contributed by atoms with E-state index in [9.17, 15) is 0 Å². The zero-order valence-electron chi connectivity index (χ0n) is 7.55. The molecule has 0 aromatic carbocycles. The maximum atomic E-state index is 5.18. The molecule has 0 aliphatic carbocycles. The summed E-state index contributed by atoms with van der Waals surface area (Å²) in [5.41, 5.74) is 0. The first-order chi connectivity index (χ1) is 4.76. The molecular weight excluding hydrogens is 126 g/mol. The van der Waals surface area contributed by atoms with E-state index in [0.717, 1.165) is 19.4 Å². The largest absolute Gasteiger partial charge is 0.302 e. The molecule has 0 radical (unpaired) electrons. The van der Waals surface area contributed by atoms with Crippen molar-refractivity contribution in [2.45, 2.75) is 39.7 Å². The summed E-state index contributed by atoms with van der Waals surface area (Å²) in [7, 11) is 1.74. The van der Waals surface area contributed by atoms with Crippen molar-refractivity contribution in [3.05, 3.63) is 0 Å². The molecule has 0 aromatic heterocycles. The number of hydroxylamine groups is 2. The third-order valence-electron chi connectivity index (χ3n) is 1.76. The van der Waals surface area contributed by atoms with Gasteiger partial charge < -0.3 is 4.84 Å². The molecule has 0 aliphatic heterocycles. The quantitative estimate of drug-likeness (QED) is 0.549. The van der Waals surface area contributed by atoms with Crippen molar-refractivity contribution < 1.29 is 4.84 Å². The molecule has 2 nitrogen and oxygen atoms in total. The van der Waals surface area contributed by atoms with E-state index in [1.54, 1.807) is 7.11 Å². The van der Waals surface area contributed by atoms with Gasteiger partial charge in [-0.2, -0.15) is 5.06 Å². The van der Waals surface area contributed by atoms with Crippen molar-refractivity contribution in [2.24, 2.45) is 0 Å². The van der Waals surface area contributed by atoms with Crippen LogP contribution >= 0.6 is 0 Å². The van der Waals surface area contributed by atoms with Crippen LogP contribution in [0.1, 0.15) is 33.6 Å². The number of hydrogen-bond acceptors (Lipinski definition) is 2. The molecule has 0 N–H and O–H groups in total. The van der Waals surface area contributed by atoms with Crippen molar-refractivity contribution in [3.63, 3.8) is 0 Å². The zero-order chi connectivity index (χ0) is 7.98. The average molecular weight is 145 g/mol. The van der Waals surface area contributed by atoms with Crippen LogP contribution in [0.4, 0.5) is 0 Å². The zero-order valence-corrected chi connectivity index (χ0v) is 7.55. The Kier molecular flexibility index (Phi) is 5.64. The standard InChI is InChI=1S/C8H19NO/c1-5-7-9(10-4)8(3)6-2/h8H,5-7H2,1-4H3. The molecular formula is C8H19NO. The molecule has 0 aromatic rings. The fourth-order valence-corrected chi connectivity index (χ4v) is 0.916. The summed E-state index contributed by atoms with van der Waals surface area (Å²) in [4.78, 5) is 5.18. The predicted octanol–water partition coefficient (Wildman–Crippen LogP) is 2.06. The molecule has 1 atom stereocenters. The van der Waals surface area contributed by atoms with E-state index >= 15 is 0 Å². The molecule has 62 valence electrons. The van der Waals surface area contributed by atoms with E-state index in [0.29, 0.717) is 6.04 Å². The van der Waals surface area contributed by atoms with Gasteiger partial charge in [0.2, 0.25) is 0 Å². The summed E-state index contributed by atoms with van der Waals surface area (Å²) in [6.45, 7) is 7.55. The van der Waals surface area contributed by atoms with E-state index in [1.807, 2.05) is 5.06 Å². The Morgan fingerprint density at radius 1 is 1.40 bits per heavy atom. The molecule has 0 spiro atoms. The van der Waals surface area contributed by atoms with Crippen LogP contribution < -0.4 is 0 Å². The summed E-state index contributed by atoms with van der Waals surface area (Å²) in [5, 5.41) is 2.03. The van der Waals surface area contributed by atoms with Crippen LogP contribution in [0.5, 0.6) is 0 Å². The lowest BCUT2D eigenvalue weighted by Crippen LogP contribution is -2.32. The van der Waals surface area contributed by atoms with Gasteiger partial charge in [-0.15, -0.1) is 0 Å². The van der Waals surface area contributed by atoms with Crippen LogP contribution in [0.2, 0.25) is 0 Å². The van der Waals surface area contributed by atoms with Crippen molar-refractivity contribution in [1.29, 1.82) is 0 Å². The highest BCUT2D eigenvalue weighted by Gasteiger charge is 2.08. The minimum absolute atomic E-state index is 0.546. The first kappa shape index (κ1) is 9.92. The van der Waals surface area contributed by atoms with Gasteiger partial charge >= 0.3 is 0 Å². The Bertz CT molecular complexity index is 75.7. The van der Waals surface area contributed by atoms with Crippen LogP contribution in [0.3, 0.4) is 0 Å². The van der Waals surface area contributed by atoms with E-state index in [-0.39, 0.29) is 0 Å². The predicted molar refractivity (Wildman–Crippen MR) is 43.8 cm³/mol. The third-order valence-corrected chi connectivity index (χ3v) is 1.76. The molecule has 10 heavy (non-hydrogen) atoms. The second-order valence-electron chi connectivity index (χ2n) is 2.58.